The summed E-state index contributed by atoms with van der Waals surface area (Å²) in [5.74, 6) is 0.0335. The van der Waals surface area contributed by atoms with Gasteiger partial charge in [0.25, 0.3) is 0 Å². The van der Waals surface area contributed by atoms with Crippen LogP contribution in [0.4, 0.5) is 0 Å². The highest BCUT2D eigenvalue weighted by molar-refractivity contribution is 9.10. The molecule has 1 aliphatic carbocycles. The predicted octanol–water partition coefficient (Wildman–Crippen LogP) is 4.04. The van der Waals surface area contributed by atoms with Gasteiger partial charge in [0.15, 0.2) is 5.78 Å². The Morgan fingerprint density at radius 2 is 2.18 bits per heavy atom. The van der Waals surface area contributed by atoms with Gasteiger partial charge in [-0.2, -0.15) is 0 Å². The minimum Gasteiger partial charge on any atom is -0.300 e. The van der Waals surface area contributed by atoms with Crippen molar-refractivity contribution in [3.8, 4) is 0 Å². The van der Waals surface area contributed by atoms with Gasteiger partial charge in [0.1, 0.15) is 5.78 Å². The fourth-order valence-corrected chi connectivity index (χ4v) is 2.77. The summed E-state index contributed by atoms with van der Waals surface area (Å²) in [6, 6.07) is 5.15. The normalized spacial score (nSPS) is 20.4. The standard InChI is InChI=1S/C13H12BrClO2/c14-12-5-4-9(15)7-11(12)13(17)8-2-1-3-10(16)6-8/h4-5,7-8H,1-3,6H2. The first-order chi connectivity index (χ1) is 8.08. The fraction of sp³-hybridized carbons (Fsp3) is 0.385. The molecule has 0 bridgehead atoms. The molecule has 2 nitrogen and oxygen atoms in total. The molecular weight excluding hydrogens is 303 g/mol. The molecule has 0 saturated heterocycles. The second-order valence-corrected chi connectivity index (χ2v) is 5.61. The van der Waals surface area contributed by atoms with Crippen LogP contribution in [0.25, 0.3) is 0 Å². The molecule has 1 atom stereocenters. The molecule has 1 fully saturated rings. The van der Waals surface area contributed by atoms with E-state index < -0.39 is 0 Å². The van der Waals surface area contributed by atoms with Crippen molar-refractivity contribution in [3.63, 3.8) is 0 Å². The van der Waals surface area contributed by atoms with E-state index in [4.69, 9.17) is 11.6 Å². The molecule has 1 aromatic carbocycles. The van der Waals surface area contributed by atoms with Crippen molar-refractivity contribution >= 4 is 39.1 Å². The van der Waals surface area contributed by atoms with E-state index in [0.29, 0.717) is 23.4 Å². The minimum absolute atomic E-state index is 0.0208. The Labute approximate surface area is 113 Å². The van der Waals surface area contributed by atoms with Crippen LogP contribution in [0.3, 0.4) is 0 Å². The van der Waals surface area contributed by atoms with E-state index in [2.05, 4.69) is 15.9 Å². The molecule has 0 aromatic heterocycles. The van der Waals surface area contributed by atoms with E-state index >= 15 is 0 Å². The van der Waals surface area contributed by atoms with Crippen molar-refractivity contribution in [2.24, 2.45) is 5.92 Å². The number of halogens is 2. The molecule has 0 aliphatic heterocycles. The van der Waals surface area contributed by atoms with Crippen LogP contribution in [0.2, 0.25) is 5.02 Å². The molecule has 2 rings (SSSR count). The number of carbonyl (C=O) groups excluding carboxylic acids is 2. The Kier molecular flexibility index (Phi) is 4.00. The first-order valence-corrected chi connectivity index (χ1v) is 6.76. The van der Waals surface area contributed by atoms with Crippen LogP contribution in [-0.4, -0.2) is 11.6 Å². The molecule has 0 N–H and O–H groups in total. The highest BCUT2D eigenvalue weighted by Gasteiger charge is 2.27. The van der Waals surface area contributed by atoms with Gasteiger partial charge in [-0.05, 0) is 31.0 Å². The molecule has 1 saturated carbocycles. The number of rotatable bonds is 2. The molecule has 1 unspecified atom stereocenters. The maximum Gasteiger partial charge on any atom is 0.167 e. The number of ketones is 2. The average molecular weight is 316 g/mol. The molecule has 1 aliphatic rings. The Hall–Kier alpha value is -0.670. The first kappa shape index (κ1) is 12.8. The van der Waals surface area contributed by atoms with Gasteiger partial charge < -0.3 is 0 Å². The fourth-order valence-electron chi connectivity index (χ4n) is 2.15. The number of benzene rings is 1. The van der Waals surface area contributed by atoms with Crippen molar-refractivity contribution in [3.05, 3.63) is 33.3 Å². The third-order valence-electron chi connectivity index (χ3n) is 3.05. The van der Waals surface area contributed by atoms with E-state index in [-0.39, 0.29) is 17.5 Å². The molecule has 0 spiro atoms. The SMILES string of the molecule is O=C1CCCC(C(=O)c2cc(Cl)ccc2Br)C1. The smallest absolute Gasteiger partial charge is 0.167 e. The zero-order valence-electron chi connectivity index (χ0n) is 9.21. The monoisotopic (exact) mass is 314 g/mol. The Balaban J connectivity index is 2.24. The van der Waals surface area contributed by atoms with Crippen LogP contribution in [0, 0.1) is 5.92 Å². The van der Waals surface area contributed by atoms with Crippen molar-refractivity contribution in [1.82, 2.24) is 0 Å². The van der Waals surface area contributed by atoms with Crippen molar-refractivity contribution in [2.75, 3.05) is 0 Å². The molecule has 0 heterocycles. The summed E-state index contributed by atoms with van der Waals surface area (Å²) < 4.78 is 0.741. The van der Waals surface area contributed by atoms with Crippen LogP contribution < -0.4 is 0 Å². The van der Waals surface area contributed by atoms with Gasteiger partial charge in [0.05, 0.1) is 0 Å². The van der Waals surface area contributed by atoms with E-state index in [0.717, 1.165) is 17.3 Å². The van der Waals surface area contributed by atoms with E-state index in [1.54, 1.807) is 18.2 Å². The highest BCUT2D eigenvalue weighted by Crippen LogP contribution is 2.29. The highest BCUT2D eigenvalue weighted by atomic mass is 79.9. The van der Waals surface area contributed by atoms with Crippen LogP contribution >= 0.6 is 27.5 Å². The molecule has 4 heteroatoms. The lowest BCUT2D eigenvalue weighted by Crippen LogP contribution is -2.23. The lowest BCUT2D eigenvalue weighted by atomic mass is 9.83. The molecule has 0 amide bonds. The third kappa shape index (κ3) is 2.96. The van der Waals surface area contributed by atoms with Gasteiger partial charge in [0, 0.05) is 33.8 Å². The van der Waals surface area contributed by atoms with Gasteiger partial charge in [-0.3, -0.25) is 9.59 Å². The van der Waals surface area contributed by atoms with Gasteiger partial charge >= 0.3 is 0 Å². The number of carbonyl (C=O) groups is 2. The van der Waals surface area contributed by atoms with Gasteiger partial charge in [-0.25, -0.2) is 0 Å². The Bertz CT molecular complexity index is 470. The van der Waals surface area contributed by atoms with Crippen molar-refractivity contribution in [1.29, 1.82) is 0 Å². The predicted molar refractivity (Wildman–Crippen MR) is 70.4 cm³/mol. The summed E-state index contributed by atoms with van der Waals surface area (Å²) in [5.41, 5.74) is 0.581. The average Bonchev–Trinajstić information content (AvgIpc) is 2.31. The Morgan fingerprint density at radius 3 is 2.88 bits per heavy atom. The minimum atomic E-state index is -0.175. The van der Waals surface area contributed by atoms with Gasteiger partial charge in [-0.1, -0.05) is 27.5 Å². The third-order valence-corrected chi connectivity index (χ3v) is 3.97. The van der Waals surface area contributed by atoms with Crippen LogP contribution in [0.15, 0.2) is 22.7 Å². The van der Waals surface area contributed by atoms with E-state index in [1.165, 1.54) is 0 Å². The van der Waals surface area contributed by atoms with Crippen LogP contribution in [0.1, 0.15) is 36.0 Å². The molecular formula is C13H12BrClO2. The quantitative estimate of drug-likeness (QED) is 0.772. The van der Waals surface area contributed by atoms with Crippen LogP contribution in [0.5, 0.6) is 0 Å². The summed E-state index contributed by atoms with van der Waals surface area (Å²) in [5, 5.41) is 0.540. The lowest BCUT2D eigenvalue weighted by molar-refractivity contribution is -0.121. The second-order valence-electron chi connectivity index (χ2n) is 4.32. The van der Waals surface area contributed by atoms with Crippen molar-refractivity contribution < 1.29 is 9.59 Å². The van der Waals surface area contributed by atoms with Gasteiger partial charge in [-0.15, -0.1) is 0 Å². The molecule has 90 valence electrons. The number of Topliss-reactive ketones (excluding diaryl/α,β-unsaturated/α-hetero) is 2. The van der Waals surface area contributed by atoms with E-state index in [1.807, 2.05) is 0 Å². The summed E-state index contributed by atoms with van der Waals surface area (Å²) >= 11 is 9.24. The zero-order chi connectivity index (χ0) is 12.4. The van der Waals surface area contributed by atoms with Crippen LogP contribution in [-0.2, 0) is 4.79 Å². The summed E-state index contributed by atoms with van der Waals surface area (Å²) in [4.78, 5) is 23.6. The molecule has 1 aromatic rings. The maximum atomic E-state index is 12.3. The lowest BCUT2D eigenvalue weighted by Gasteiger charge is -2.20. The largest absolute Gasteiger partial charge is 0.300 e. The zero-order valence-corrected chi connectivity index (χ0v) is 11.6. The summed E-state index contributed by atoms with van der Waals surface area (Å²) in [7, 11) is 0. The van der Waals surface area contributed by atoms with E-state index in [9.17, 15) is 9.59 Å². The Morgan fingerprint density at radius 1 is 1.41 bits per heavy atom. The first-order valence-electron chi connectivity index (χ1n) is 5.59. The maximum absolute atomic E-state index is 12.3. The topological polar surface area (TPSA) is 34.1 Å². The molecule has 17 heavy (non-hydrogen) atoms. The number of hydrogen-bond donors (Lipinski definition) is 0. The van der Waals surface area contributed by atoms with Gasteiger partial charge in [0.2, 0.25) is 0 Å². The second kappa shape index (κ2) is 5.32. The summed E-state index contributed by atoms with van der Waals surface area (Å²) in [6.45, 7) is 0. The van der Waals surface area contributed by atoms with Crippen molar-refractivity contribution in [2.45, 2.75) is 25.7 Å². The summed E-state index contributed by atoms with van der Waals surface area (Å²) in [6.07, 6.45) is 2.59. The number of hydrogen-bond acceptors (Lipinski definition) is 2. The molecule has 0 radical (unpaired) electrons.